The maximum absolute atomic E-state index is 12.4. The Labute approximate surface area is 109 Å². The Morgan fingerprint density at radius 2 is 2.00 bits per heavy atom. The summed E-state index contributed by atoms with van der Waals surface area (Å²) >= 11 is 0. The highest BCUT2D eigenvalue weighted by molar-refractivity contribution is 6.09. The average Bonchev–Trinajstić information content (AvgIpc) is 2.85. The van der Waals surface area contributed by atoms with Gasteiger partial charge >= 0.3 is 0 Å². The molecule has 0 saturated heterocycles. The lowest BCUT2D eigenvalue weighted by Gasteiger charge is -2.05. The van der Waals surface area contributed by atoms with Gasteiger partial charge in [-0.1, -0.05) is 0 Å². The third kappa shape index (κ3) is 1.95. The van der Waals surface area contributed by atoms with E-state index in [1.54, 1.807) is 42.0 Å². The smallest absolute Gasteiger partial charge is 0.233 e. The SMILES string of the molecule is Cc1nc2nccn2cc1C(=O)c1ccc(O)cc1. The molecule has 0 atom stereocenters. The Hall–Kier alpha value is -2.69. The number of fused-ring (bicyclic) bond motifs is 1. The molecule has 0 aliphatic heterocycles. The largest absolute Gasteiger partial charge is 0.508 e. The molecule has 5 nitrogen and oxygen atoms in total. The lowest BCUT2D eigenvalue weighted by atomic mass is 10.0. The van der Waals surface area contributed by atoms with E-state index in [0.29, 0.717) is 22.6 Å². The zero-order valence-corrected chi connectivity index (χ0v) is 10.2. The van der Waals surface area contributed by atoms with Crippen LogP contribution in [0, 0.1) is 6.92 Å². The molecule has 1 N–H and O–H groups in total. The number of hydrogen-bond acceptors (Lipinski definition) is 4. The maximum atomic E-state index is 12.4. The molecular weight excluding hydrogens is 242 g/mol. The van der Waals surface area contributed by atoms with Crippen molar-refractivity contribution in [2.24, 2.45) is 0 Å². The molecule has 0 bridgehead atoms. The van der Waals surface area contributed by atoms with E-state index >= 15 is 0 Å². The number of aromatic nitrogens is 3. The van der Waals surface area contributed by atoms with Crippen molar-refractivity contribution in [2.75, 3.05) is 0 Å². The van der Waals surface area contributed by atoms with E-state index < -0.39 is 0 Å². The minimum Gasteiger partial charge on any atom is -0.508 e. The second kappa shape index (κ2) is 4.20. The first-order valence-electron chi connectivity index (χ1n) is 5.79. The number of aromatic hydroxyl groups is 1. The van der Waals surface area contributed by atoms with Crippen LogP contribution in [0.3, 0.4) is 0 Å². The second-order valence-corrected chi connectivity index (χ2v) is 4.25. The summed E-state index contributed by atoms with van der Waals surface area (Å²) < 4.78 is 1.71. The number of rotatable bonds is 2. The highest BCUT2D eigenvalue weighted by Gasteiger charge is 2.14. The van der Waals surface area contributed by atoms with Gasteiger partial charge in [-0.3, -0.25) is 9.20 Å². The second-order valence-electron chi connectivity index (χ2n) is 4.25. The van der Waals surface area contributed by atoms with Crippen LogP contribution in [0.4, 0.5) is 0 Å². The Bertz CT molecular complexity index is 760. The number of carbonyl (C=O) groups is 1. The van der Waals surface area contributed by atoms with Gasteiger partial charge in [-0.05, 0) is 31.2 Å². The number of hydrogen-bond donors (Lipinski definition) is 1. The molecule has 0 unspecified atom stereocenters. The van der Waals surface area contributed by atoms with Gasteiger partial charge in [0, 0.05) is 24.2 Å². The molecule has 0 spiro atoms. The molecule has 94 valence electrons. The first kappa shape index (κ1) is 11.4. The van der Waals surface area contributed by atoms with E-state index in [1.165, 1.54) is 12.1 Å². The van der Waals surface area contributed by atoms with Crippen molar-refractivity contribution in [3.8, 4) is 5.75 Å². The van der Waals surface area contributed by atoms with Gasteiger partial charge in [-0.2, -0.15) is 0 Å². The first-order valence-corrected chi connectivity index (χ1v) is 5.79. The van der Waals surface area contributed by atoms with Crippen molar-refractivity contribution < 1.29 is 9.90 Å². The molecule has 19 heavy (non-hydrogen) atoms. The molecule has 0 aliphatic carbocycles. The number of carbonyl (C=O) groups excluding carboxylic acids is 1. The van der Waals surface area contributed by atoms with Crippen LogP contribution in [-0.2, 0) is 0 Å². The molecule has 0 fully saturated rings. The predicted molar refractivity (Wildman–Crippen MR) is 69.3 cm³/mol. The van der Waals surface area contributed by atoms with Gasteiger partial charge in [0.05, 0.1) is 11.3 Å². The third-order valence-electron chi connectivity index (χ3n) is 2.95. The van der Waals surface area contributed by atoms with E-state index in [4.69, 9.17) is 0 Å². The topological polar surface area (TPSA) is 67.5 Å². The van der Waals surface area contributed by atoms with Gasteiger partial charge in [-0.25, -0.2) is 9.97 Å². The van der Waals surface area contributed by atoms with Gasteiger partial charge in [0.25, 0.3) is 0 Å². The van der Waals surface area contributed by atoms with Crippen molar-refractivity contribution in [2.45, 2.75) is 6.92 Å². The molecule has 5 heteroatoms. The fourth-order valence-electron chi connectivity index (χ4n) is 1.93. The molecule has 2 heterocycles. The number of imidazole rings is 1. The van der Waals surface area contributed by atoms with Gasteiger partial charge in [0.15, 0.2) is 5.78 Å². The van der Waals surface area contributed by atoms with Crippen LogP contribution in [0.15, 0.2) is 42.9 Å². The summed E-state index contributed by atoms with van der Waals surface area (Å²) in [5.41, 5.74) is 1.68. The van der Waals surface area contributed by atoms with Crippen LogP contribution < -0.4 is 0 Å². The molecule has 0 amide bonds. The number of aryl methyl sites for hydroxylation is 1. The van der Waals surface area contributed by atoms with Crippen LogP contribution in [-0.4, -0.2) is 25.3 Å². The summed E-state index contributed by atoms with van der Waals surface area (Å²) in [5, 5.41) is 9.24. The van der Waals surface area contributed by atoms with E-state index in [1.807, 2.05) is 0 Å². The molecule has 0 radical (unpaired) electrons. The standard InChI is InChI=1S/C14H11N3O2/c1-9-12(8-17-7-6-15-14(17)16-9)13(19)10-2-4-11(18)5-3-10/h2-8,18H,1H3. The summed E-state index contributed by atoms with van der Waals surface area (Å²) in [6.45, 7) is 1.78. The van der Waals surface area contributed by atoms with E-state index in [9.17, 15) is 9.90 Å². The molecule has 1 aromatic carbocycles. The summed E-state index contributed by atoms with van der Waals surface area (Å²) in [6, 6.07) is 6.17. The summed E-state index contributed by atoms with van der Waals surface area (Å²) in [5.74, 6) is 0.580. The minimum atomic E-state index is -0.124. The Morgan fingerprint density at radius 3 is 2.74 bits per heavy atom. The van der Waals surface area contributed by atoms with E-state index in [2.05, 4.69) is 9.97 Å². The number of ketones is 1. The van der Waals surface area contributed by atoms with Gasteiger partial charge in [0.2, 0.25) is 5.78 Å². The quantitative estimate of drug-likeness (QED) is 0.709. The number of nitrogens with zero attached hydrogens (tertiary/aromatic N) is 3. The van der Waals surface area contributed by atoms with Crippen LogP contribution in [0.5, 0.6) is 5.75 Å². The van der Waals surface area contributed by atoms with Crippen molar-refractivity contribution in [1.29, 1.82) is 0 Å². The van der Waals surface area contributed by atoms with Gasteiger partial charge in [0.1, 0.15) is 5.75 Å². The third-order valence-corrected chi connectivity index (χ3v) is 2.95. The molecule has 0 saturated carbocycles. The molecule has 2 aromatic heterocycles. The zero-order chi connectivity index (χ0) is 13.4. The predicted octanol–water partition coefficient (Wildman–Crippen LogP) is 1.97. The maximum Gasteiger partial charge on any atom is 0.233 e. The summed E-state index contributed by atoms with van der Waals surface area (Å²) in [4.78, 5) is 20.7. The minimum absolute atomic E-state index is 0.124. The van der Waals surface area contributed by atoms with Crippen LogP contribution >= 0.6 is 0 Å². The molecular formula is C14H11N3O2. The first-order chi connectivity index (χ1) is 9.15. The van der Waals surface area contributed by atoms with Crippen LogP contribution in [0.2, 0.25) is 0 Å². The Morgan fingerprint density at radius 1 is 1.26 bits per heavy atom. The fraction of sp³-hybridized carbons (Fsp3) is 0.0714. The van der Waals surface area contributed by atoms with E-state index in [0.717, 1.165) is 0 Å². The van der Waals surface area contributed by atoms with Crippen molar-refractivity contribution in [3.63, 3.8) is 0 Å². The van der Waals surface area contributed by atoms with Gasteiger partial charge < -0.3 is 5.11 Å². The number of benzene rings is 1. The monoisotopic (exact) mass is 253 g/mol. The van der Waals surface area contributed by atoms with Crippen molar-refractivity contribution in [1.82, 2.24) is 14.4 Å². The van der Waals surface area contributed by atoms with Gasteiger partial charge in [-0.15, -0.1) is 0 Å². The average molecular weight is 253 g/mol. The van der Waals surface area contributed by atoms with Crippen molar-refractivity contribution >= 4 is 11.6 Å². The summed E-state index contributed by atoms with van der Waals surface area (Å²) in [7, 11) is 0. The van der Waals surface area contributed by atoms with Crippen LogP contribution in [0.1, 0.15) is 21.6 Å². The highest BCUT2D eigenvalue weighted by atomic mass is 16.3. The van der Waals surface area contributed by atoms with Crippen LogP contribution in [0.25, 0.3) is 5.78 Å². The lowest BCUT2D eigenvalue weighted by Crippen LogP contribution is -2.07. The molecule has 0 aliphatic rings. The summed E-state index contributed by atoms with van der Waals surface area (Å²) in [6.07, 6.45) is 5.10. The number of phenolic OH excluding ortho intramolecular Hbond substituents is 1. The highest BCUT2D eigenvalue weighted by Crippen LogP contribution is 2.16. The number of phenols is 1. The Kier molecular flexibility index (Phi) is 2.52. The normalized spacial score (nSPS) is 10.8. The van der Waals surface area contributed by atoms with Crippen molar-refractivity contribution in [3.05, 3.63) is 59.7 Å². The molecule has 3 rings (SSSR count). The molecule has 3 aromatic rings. The zero-order valence-electron chi connectivity index (χ0n) is 10.2. The lowest BCUT2D eigenvalue weighted by molar-refractivity contribution is 0.103. The Balaban J connectivity index is 2.10. The van der Waals surface area contributed by atoms with E-state index in [-0.39, 0.29) is 11.5 Å². The fourth-order valence-corrected chi connectivity index (χ4v) is 1.93.